The van der Waals surface area contributed by atoms with Crippen LogP contribution in [0, 0.1) is 11.8 Å². The molecule has 0 radical (unpaired) electrons. The average molecular weight is 319 g/mol. The average Bonchev–Trinajstić information content (AvgIpc) is 2.86. The van der Waals surface area contributed by atoms with Crippen molar-refractivity contribution in [2.24, 2.45) is 16.9 Å². The van der Waals surface area contributed by atoms with Gasteiger partial charge in [-0.2, -0.15) is 5.10 Å². The first-order chi connectivity index (χ1) is 10.6. The topological polar surface area (TPSA) is 51.7 Å². The summed E-state index contributed by atoms with van der Waals surface area (Å²) in [7, 11) is 0. The Kier molecular flexibility index (Phi) is 4.57. The third-order valence-corrected chi connectivity index (χ3v) is 5.09. The maximum absolute atomic E-state index is 9.77. The quantitative estimate of drug-likeness (QED) is 0.288. The van der Waals surface area contributed by atoms with Gasteiger partial charge >= 0.3 is 0 Å². The molecular formula is C16H23N4OS+. The van der Waals surface area contributed by atoms with E-state index in [1.807, 2.05) is 19.1 Å². The standard InChI is InChI=1S/C16H22N4OS/c1-12(15-4-2-3-9-20(15)21)17-18-16(22)19-10-13-5-6-14(11-19)8-7-13/h2-4,9,13-14,21H,5-8,10-11H2,1H3/p+1. The number of nitrogens with one attached hydrogen (secondary N) is 1. The van der Waals surface area contributed by atoms with Crippen molar-refractivity contribution in [3.8, 4) is 0 Å². The second-order valence-electron chi connectivity index (χ2n) is 6.34. The molecule has 0 aromatic carbocycles. The van der Waals surface area contributed by atoms with Crippen molar-refractivity contribution in [3.05, 3.63) is 30.1 Å². The zero-order valence-corrected chi connectivity index (χ0v) is 13.7. The van der Waals surface area contributed by atoms with E-state index in [1.54, 1.807) is 12.3 Å². The van der Waals surface area contributed by atoms with Crippen LogP contribution in [0.3, 0.4) is 0 Å². The third-order valence-electron chi connectivity index (χ3n) is 4.74. The van der Waals surface area contributed by atoms with E-state index in [-0.39, 0.29) is 0 Å². The van der Waals surface area contributed by atoms with Gasteiger partial charge in [-0.15, -0.1) is 0 Å². The van der Waals surface area contributed by atoms with Crippen molar-refractivity contribution < 1.29 is 9.94 Å². The summed E-state index contributed by atoms with van der Waals surface area (Å²) in [6, 6.07) is 5.45. The van der Waals surface area contributed by atoms with Gasteiger partial charge in [-0.25, -0.2) is 0 Å². The molecule has 0 amide bonds. The number of pyridine rings is 1. The third kappa shape index (κ3) is 3.38. The van der Waals surface area contributed by atoms with Gasteiger partial charge in [-0.05, 0) is 62.7 Å². The molecule has 0 spiro atoms. The zero-order chi connectivity index (χ0) is 15.5. The first-order valence-corrected chi connectivity index (χ1v) is 8.34. The number of fused-ring (bicyclic) bond motifs is 4. The summed E-state index contributed by atoms with van der Waals surface area (Å²) in [5.41, 5.74) is 4.34. The number of hydrazone groups is 1. The van der Waals surface area contributed by atoms with Crippen LogP contribution in [0.5, 0.6) is 0 Å². The van der Waals surface area contributed by atoms with Gasteiger partial charge in [0.1, 0.15) is 5.71 Å². The van der Waals surface area contributed by atoms with E-state index >= 15 is 0 Å². The Morgan fingerprint density at radius 2 is 1.91 bits per heavy atom. The van der Waals surface area contributed by atoms with Gasteiger partial charge in [0.05, 0.1) is 0 Å². The SMILES string of the molecule is CC(=NNC(=S)N1CC2CCC(CC2)C1)c1cccc[n+]1O. The number of aromatic nitrogens is 1. The van der Waals surface area contributed by atoms with Gasteiger partial charge in [0, 0.05) is 30.0 Å². The maximum atomic E-state index is 9.77. The largest absolute Gasteiger partial charge is 0.347 e. The van der Waals surface area contributed by atoms with Gasteiger partial charge in [0.25, 0.3) is 5.69 Å². The number of rotatable bonds is 2. The minimum absolute atomic E-state index is 0.647. The highest BCUT2D eigenvalue weighted by Crippen LogP contribution is 2.33. The summed E-state index contributed by atoms with van der Waals surface area (Å²) < 4.78 is 1.07. The second-order valence-corrected chi connectivity index (χ2v) is 6.72. The van der Waals surface area contributed by atoms with Gasteiger partial charge in [-0.1, -0.05) is 0 Å². The normalized spacial score (nSPS) is 25.0. The van der Waals surface area contributed by atoms with Gasteiger partial charge in [-0.3, -0.25) is 10.6 Å². The molecule has 2 bridgehead atoms. The fourth-order valence-electron chi connectivity index (χ4n) is 3.44. The molecule has 3 fully saturated rings. The van der Waals surface area contributed by atoms with Crippen LogP contribution in [0.4, 0.5) is 0 Å². The Bertz CT molecular complexity index is 567. The van der Waals surface area contributed by atoms with Crippen LogP contribution in [0.15, 0.2) is 29.5 Å². The van der Waals surface area contributed by atoms with Crippen LogP contribution in [0.25, 0.3) is 0 Å². The highest BCUT2D eigenvalue weighted by Gasteiger charge is 2.30. The summed E-state index contributed by atoms with van der Waals surface area (Å²) in [5, 5.41) is 14.8. The van der Waals surface area contributed by atoms with Crippen LogP contribution in [-0.4, -0.2) is 34.0 Å². The molecule has 5 nitrogen and oxygen atoms in total. The number of nitrogens with zero attached hydrogens (tertiary/aromatic N) is 3. The van der Waals surface area contributed by atoms with Crippen LogP contribution in [-0.2, 0) is 0 Å². The Labute approximate surface area is 136 Å². The van der Waals surface area contributed by atoms with Crippen LogP contribution < -0.4 is 10.2 Å². The number of hydrogen-bond donors (Lipinski definition) is 2. The predicted octanol–water partition coefficient (Wildman–Crippen LogP) is 1.93. The minimum atomic E-state index is 0.647. The molecule has 3 heterocycles. The smallest absolute Gasteiger partial charge is 0.280 e. The number of hydrogen-bond acceptors (Lipinski definition) is 3. The van der Waals surface area contributed by atoms with Crippen molar-refractivity contribution in [2.75, 3.05) is 13.1 Å². The number of thiocarbonyl (C=S) groups is 1. The molecule has 1 saturated carbocycles. The maximum Gasteiger partial charge on any atom is 0.280 e. The van der Waals surface area contributed by atoms with E-state index in [0.29, 0.717) is 16.5 Å². The van der Waals surface area contributed by atoms with Crippen LogP contribution in [0.2, 0.25) is 0 Å². The van der Waals surface area contributed by atoms with E-state index in [9.17, 15) is 5.21 Å². The summed E-state index contributed by atoms with van der Waals surface area (Å²) in [6.45, 7) is 3.94. The van der Waals surface area contributed by atoms with Gasteiger partial charge in [0.2, 0.25) is 6.20 Å². The highest BCUT2D eigenvalue weighted by molar-refractivity contribution is 7.80. The van der Waals surface area contributed by atoms with Gasteiger partial charge < -0.3 is 4.90 Å². The highest BCUT2D eigenvalue weighted by atomic mass is 32.1. The van der Waals surface area contributed by atoms with E-state index < -0.39 is 0 Å². The summed E-state index contributed by atoms with van der Waals surface area (Å²) in [5.74, 6) is 1.55. The molecule has 118 valence electrons. The lowest BCUT2D eigenvalue weighted by Crippen LogP contribution is -2.41. The van der Waals surface area contributed by atoms with Gasteiger partial charge in [0.15, 0.2) is 5.11 Å². The lowest BCUT2D eigenvalue weighted by molar-refractivity contribution is -0.905. The van der Waals surface area contributed by atoms with Crippen molar-refractivity contribution in [2.45, 2.75) is 32.6 Å². The lowest BCUT2D eigenvalue weighted by atomic mass is 9.84. The monoisotopic (exact) mass is 319 g/mol. The molecule has 1 aliphatic carbocycles. The molecular weight excluding hydrogens is 296 g/mol. The molecule has 2 saturated heterocycles. The van der Waals surface area contributed by atoms with Crippen LogP contribution >= 0.6 is 12.2 Å². The van der Waals surface area contributed by atoms with E-state index in [0.717, 1.165) is 29.7 Å². The van der Waals surface area contributed by atoms with E-state index in [2.05, 4.69) is 15.4 Å². The first-order valence-electron chi connectivity index (χ1n) is 7.93. The molecule has 4 rings (SSSR count). The first kappa shape index (κ1) is 15.2. The molecule has 3 aliphatic rings. The Morgan fingerprint density at radius 1 is 1.27 bits per heavy atom. The molecule has 1 aromatic rings. The molecule has 0 atom stereocenters. The molecule has 2 aliphatic heterocycles. The summed E-state index contributed by atoms with van der Waals surface area (Å²) >= 11 is 5.51. The lowest BCUT2D eigenvalue weighted by Gasteiger charge is -2.24. The summed E-state index contributed by atoms with van der Waals surface area (Å²) in [6.07, 6.45) is 6.92. The Balaban J connectivity index is 1.64. The van der Waals surface area contributed by atoms with Crippen molar-refractivity contribution in [1.82, 2.24) is 10.3 Å². The summed E-state index contributed by atoms with van der Waals surface area (Å²) in [4.78, 5) is 2.26. The van der Waals surface area contributed by atoms with Crippen molar-refractivity contribution >= 4 is 23.0 Å². The minimum Gasteiger partial charge on any atom is -0.347 e. The van der Waals surface area contributed by atoms with Crippen molar-refractivity contribution in [3.63, 3.8) is 0 Å². The predicted molar refractivity (Wildman–Crippen MR) is 88.8 cm³/mol. The Morgan fingerprint density at radius 3 is 2.50 bits per heavy atom. The van der Waals surface area contributed by atoms with E-state index in [1.165, 1.54) is 25.7 Å². The van der Waals surface area contributed by atoms with Crippen LogP contribution in [0.1, 0.15) is 38.3 Å². The zero-order valence-electron chi connectivity index (χ0n) is 12.9. The molecule has 0 unspecified atom stereocenters. The molecule has 1 aromatic heterocycles. The van der Waals surface area contributed by atoms with E-state index in [4.69, 9.17) is 12.2 Å². The fourth-order valence-corrected chi connectivity index (χ4v) is 3.64. The Hall–Kier alpha value is -1.69. The molecule has 2 N–H and O–H groups in total. The van der Waals surface area contributed by atoms with Crippen molar-refractivity contribution in [1.29, 1.82) is 0 Å². The second kappa shape index (κ2) is 6.60. The molecule has 6 heteroatoms. The fraction of sp³-hybridized carbons (Fsp3) is 0.562. The molecule has 22 heavy (non-hydrogen) atoms.